The molecule has 1 saturated heterocycles. The number of hydrogen-bond acceptors (Lipinski definition) is 2. The molecule has 0 saturated carbocycles. The van der Waals surface area contributed by atoms with Crippen molar-refractivity contribution in [2.45, 2.75) is 39.2 Å². The number of amides is 1. The molecule has 2 unspecified atom stereocenters. The van der Waals surface area contributed by atoms with Gasteiger partial charge in [-0.2, -0.15) is 0 Å². The topological polar surface area (TPSA) is 46.3 Å². The van der Waals surface area contributed by atoms with E-state index in [1.54, 1.807) is 0 Å². The van der Waals surface area contributed by atoms with Gasteiger partial charge in [-0.15, -0.1) is 0 Å². The Morgan fingerprint density at radius 1 is 1.69 bits per heavy atom. The number of carbonyl (C=O) groups excluding carboxylic acids is 1. The first-order chi connectivity index (χ1) is 6.15. The van der Waals surface area contributed by atoms with Crippen molar-refractivity contribution in [3.8, 4) is 0 Å². The first-order valence-corrected chi connectivity index (χ1v) is 5.19. The van der Waals surface area contributed by atoms with Gasteiger partial charge in [-0.25, -0.2) is 0 Å². The van der Waals surface area contributed by atoms with E-state index in [1.807, 2.05) is 4.90 Å². The van der Waals surface area contributed by atoms with Crippen LogP contribution in [0.2, 0.25) is 0 Å². The third-order valence-electron chi connectivity index (χ3n) is 2.80. The minimum atomic E-state index is -0.238. The van der Waals surface area contributed by atoms with Gasteiger partial charge < -0.3 is 10.6 Å². The molecule has 3 nitrogen and oxygen atoms in total. The lowest BCUT2D eigenvalue weighted by molar-refractivity contribution is -0.135. The molecule has 3 heteroatoms. The monoisotopic (exact) mass is 184 g/mol. The van der Waals surface area contributed by atoms with Gasteiger partial charge in [0.25, 0.3) is 0 Å². The summed E-state index contributed by atoms with van der Waals surface area (Å²) >= 11 is 0. The van der Waals surface area contributed by atoms with Crippen molar-refractivity contribution in [1.29, 1.82) is 0 Å². The fourth-order valence-corrected chi connectivity index (χ4v) is 1.66. The normalized spacial score (nSPS) is 26.2. The molecular weight excluding hydrogens is 164 g/mol. The predicted molar refractivity (Wildman–Crippen MR) is 53.2 cm³/mol. The van der Waals surface area contributed by atoms with E-state index >= 15 is 0 Å². The quantitative estimate of drug-likeness (QED) is 0.710. The summed E-state index contributed by atoms with van der Waals surface area (Å²) in [5.41, 5.74) is 5.69. The van der Waals surface area contributed by atoms with Crippen molar-refractivity contribution in [2.75, 3.05) is 13.1 Å². The van der Waals surface area contributed by atoms with Crippen molar-refractivity contribution >= 4 is 5.91 Å². The number of likely N-dealkylation sites (tertiary alicyclic amines) is 1. The Morgan fingerprint density at radius 3 is 3.00 bits per heavy atom. The van der Waals surface area contributed by atoms with Crippen LogP contribution in [0.1, 0.15) is 33.1 Å². The number of piperidine rings is 1. The van der Waals surface area contributed by atoms with E-state index < -0.39 is 0 Å². The third kappa shape index (κ3) is 2.69. The Bertz CT molecular complexity index is 182. The zero-order valence-electron chi connectivity index (χ0n) is 8.62. The summed E-state index contributed by atoms with van der Waals surface area (Å²) in [6.45, 7) is 6.10. The summed E-state index contributed by atoms with van der Waals surface area (Å²) in [4.78, 5) is 13.5. The summed E-state index contributed by atoms with van der Waals surface area (Å²) in [6.07, 6.45) is 3.04. The molecule has 1 fully saturated rings. The van der Waals surface area contributed by atoms with Crippen LogP contribution in [0.4, 0.5) is 0 Å². The molecule has 1 amide bonds. The highest BCUT2D eigenvalue weighted by atomic mass is 16.2. The number of carbonyl (C=O) groups is 1. The van der Waals surface area contributed by atoms with Crippen LogP contribution in [0.15, 0.2) is 0 Å². The van der Waals surface area contributed by atoms with Crippen molar-refractivity contribution in [3.63, 3.8) is 0 Å². The highest BCUT2D eigenvalue weighted by Gasteiger charge is 2.25. The van der Waals surface area contributed by atoms with Crippen molar-refractivity contribution in [3.05, 3.63) is 0 Å². The minimum Gasteiger partial charge on any atom is -0.341 e. The van der Waals surface area contributed by atoms with E-state index in [9.17, 15) is 4.79 Å². The van der Waals surface area contributed by atoms with Gasteiger partial charge in [0.2, 0.25) is 5.91 Å². The summed E-state index contributed by atoms with van der Waals surface area (Å²) in [7, 11) is 0. The highest BCUT2D eigenvalue weighted by Crippen LogP contribution is 2.13. The van der Waals surface area contributed by atoms with E-state index in [-0.39, 0.29) is 11.9 Å². The van der Waals surface area contributed by atoms with Crippen molar-refractivity contribution < 1.29 is 4.79 Å². The van der Waals surface area contributed by atoms with Crippen LogP contribution < -0.4 is 5.73 Å². The maximum Gasteiger partial charge on any atom is 0.239 e. The van der Waals surface area contributed by atoms with Gasteiger partial charge in [0.15, 0.2) is 0 Å². The van der Waals surface area contributed by atoms with Gasteiger partial charge >= 0.3 is 0 Å². The Labute approximate surface area is 80.3 Å². The zero-order chi connectivity index (χ0) is 9.84. The number of hydrogen-bond donors (Lipinski definition) is 1. The van der Waals surface area contributed by atoms with Gasteiger partial charge in [-0.1, -0.05) is 20.3 Å². The van der Waals surface area contributed by atoms with E-state index in [4.69, 9.17) is 5.73 Å². The van der Waals surface area contributed by atoms with Crippen LogP contribution in [-0.4, -0.2) is 29.9 Å². The number of nitrogens with zero attached hydrogens (tertiary/aromatic N) is 1. The second kappa shape index (κ2) is 4.61. The SMILES string of the molecule is CCC(C)CN1CCCC(N)C1=O. The van der Waals surface area contributed by atoms with Crippen LogP contribution in [0, 0.1) is 5.92 Å². The molecule has 0 bridgehead atoms. The Morgan fingerprint density at radius 2 is 2.38 bits per heavy atom. The van der Waals surface area contributed by atoms with Gasteiger partial charge in [0, 0.05) is 13.1 Å². The zero-order valence-corrected chi connectivity index (χ0v) is 8.62. The fraction of sp³-hybridized carbons (Fsp3) is 0.900. The molecule has 1 heterocycles. The predicted octanol–water partition coefficient (Wildman–Crippen LogP) is 0.982. The molecule has 1 aliphatic heterocycles. The first kappa shape index (κ1) is 10.5. The number of rotatable bonds is 3. The molecule has 1 rings (SSSR count). The molecule has 2 atom stereocenters. The highest BCUT2D eigenvalue weighted by molar-refractivity contribution is 5.82. The Balaban J connectivity index is 2.44. The summed E-state index contributed by atoms with van der Waals surface area (Å²) in [5.74, 6) is 0.737. The van der Waals surface area contributed by atoms with Gasteiger partial charge in [-0.05, 0) is 18.8 Å². The van der Waals surface area contributed by atoms with E-state index in [1.165, 1.54) is 0 Å². The lowest BCUT2D eigenvalue weighted by Crippen LogP contribution is -2.49. The maximum absolute atomic E-state index is 11.6. The van der Waals surface area contributed by atoms with Crippen LogP contribution in [0.3, 0.4) is 0 Å². The molecule has 0 aromatic heterocycles. The largest absolute Gasteiger partial charge is 0.341 e. The molecule has 1 aliphatic rings. The molecule has 13 heavy (non-hydrogen) atoms. The van der Waals surface area contributed by atoms with Gasteiger partial charge in [-0.3, -0.25) is 4.79 Å². The van der Waals surface area contributed by atoms with E-state index in [0.29, 0.717) is 5.92 Å². The second-order valence-corrected chi connectivity index (χ2v) is 4.05. The van der Waals surface area contributed by atoms with Crippen LogP contribution in [-0.2, 0) is 4.79 Å². The number of nitrogens with two attached hydrogens (primary N) is 1. The van der Waals surface area contributed by atoms with Gasteiger partial charge in [0.05, 0.1) is 6.04 Å². The Kier molecular flexibility index (Phi) is 3.72. The molecule has 0 aromatic carbocycles. The third-order valence-corrected chi connectivity index (χ3v) is 2.80. The lowest BCUT2D eigenvalue weighted by Gasteiger charge is -2.32. The molecule has 0 radical (unpaired) electrons. The van der Waals surface area contributed by atoms with Crippen LogP contribution in [0.5, 0.6) is 0 Å². The molecule has 2 N–H and O–H groups in total. The summed E-state index contributed by atoms with van der Waals surface area (Å²) < 4.78 is 0. The average molecular weight is 184 g/mol. The smallest absolute Gasteiger partial charge is 0.239 e. The average Bonchev–Trinajstić information content (AvgIpc) is 2.13. The van der Waals surface area contributed by atoms with Crippen LogP contribution in [0.25, 0.3) is 0 Å². The van der Waals surface area contributed by atoms with Crippen LogP contribution >= 0.6 is 0 Å². The first-order valence-electron chi connectivity index (χ1n) is 5.19. The molecule has 76 valence electrons. The van der Waals surface area contributed by atoms with Crippen molar-refractivity contribution in [2.24, 2.45) is 11.7 Å². The summed E-state index contributed by atoms with van der Waals surface area (Å²) in [6, 6.07) is -0.238. The molecule has 0 spiro atoms. The Hall–Kier alpha value is -0.570. The van der Waals surface area contributed by atoms with E-state index in [0.717, 1.165) is 32.4 Å². The molecular formula is C10H20N2O. The molecule has 0 aromatic rings. The standard InChI is InChI=1S/C10H20N2O/c1-3-8(2)7-12-6-4-5-9(11)10(12)13/h8-9H,3-7,11H2,1-2H3. The van der Waals surface area contributed by atoms with Gasteiger partial charge in [0.1, 0.15) is 0 Å². The lowest BCUT2D eigenvalue weighted by atomic mass is 10.0. The van der Waals surface area contributed by atoms with Crippen molar-refractivity contribution in [1.82, 2.24) is 4.90 Å². The maximum atomic E-state index is 11.6. The molecule has 0 aliphatic carbocycles. The fourth-order valence-electron chi connectivity index (χ4n) is 1.66. The van der Waals surface area contributed by atoms with E-state index in [2.05, 4.69) is 13.8 Å². The minimum absolute atomic E-state index is 0.145. The second-order valence-electron chi connectivity index (χ2n) is 4.05. The summed E-state index contributed by atoms with van der Waals surface area (Å²) in [5, 5.41) is 0.